The standard InChI is InChI=1S/C16H14N2O2S/c19-15-14(17-13-9-5-2-6-10-13)21-16(20)18(15)11-12-7-3-1-4-8-12/h1-10,14,17H,11H2/t14-/m1/s1. The molecule has 0 unspecified atom stereocenters. The van der Waals surface area contributed by atoms with E-state index in [1.807, 2.05) is 60.7 Å². The average molecular weight is 298 g/mol. The molecule has 106 valence electrons. The number of amides is 2. The van der Waals surface area contributed by atoms with Crippen LogP contribution in [0, 0.1) is 0 Å². The van der Waals surface area contributed by atoms with Crippen LogP contribution in [-0.4, -0.2) is 21.4 Å². The van der Waals surface area contributed by atoms with E-state index in [0.717, 1.165) is 23.0 Å². The summed E-state index contributed by atoms with van der Waals surface area (Å²) in [5.41, 5.74) is 1.78. The first-order valence-corrected chi connectivity index (χ1v) is 7.49. The molecule has 1 atom stereocenters. The van der Waals surface area contributed by atoms with Crippen LogP contribution >= 0.6 is 11.8 Å². The van der Waals surface area contributed by atoms with E-state index in [1.165, 1.54) is 4.90 Å². The first-order chi connectivity index (χ1) is 10.2. The second kappa shape index (κ2) is 6.01. The molecule has 1 heterocycles. The topological polar surface area (TPSA) is 49.4 Å². The number of hydrogen-bond acceptors (Lipinski definition) is 4. The molecule has 2 aromatic carbocycles. The normalized spacial score (nSPS) is 18.1. The maximum atomic E-state index is 12.3. The van der Waals surface area contributed by atoms with Gasteiger partial charge in [-0.3, -0.25) is 14.5 Å². The molecule has 0 radical (unpaired) electrons. The summed E-state index contributed by atoms with van der Waals surface area (Å²) in [5.74, 6) is -0.197. The maximum absolute atomic E-state index is 12.3. The molecule has 2 amide bonds. The van der Waals surface area contributed by atoms with Crippen molar-refractivity contribution in [1.82, 2.24) is 4.90 Å². The van der Waals surface area contributed by atoms with Gasteiger partial charge in [-0.15, -0.1) is 0 Å². The second-order valence-corrected chi connectivity index (χ2v) is 5.74. The Labute approximate surface area is 127 Å². The molecule has 0 saturated carbocycles. The Morgan fingerprint density at radius 3 is 2.24 bits per heavy atom. The molecule has 0 spiro atoms. The SMILES string of the molecule is O=C1S[C@@H](Nc2ccccc2)C(=O)N1Cc1ccccc1. The lowest BCUT2D eigenvalue weighted by Crippen LogP contribution is -2.33. The van der Waals surface area contributed by atoms with E-state index in [0.29, 0.717) is 6.54 Å². The van der Waals surface area contributed by atoms with Crippen LogP contribution in [0.25, 0.3) is 0 Å². The summed E-state index contributed by atoms with van der Waals surface area (Å²) < 4.78 is 0. The number of imide groups is 1. The Morgan fingerprint density at radius 2 is 1.57 bits per heavy atom. The fraction of sp³-hybridized carbons (Fsp3) is 0.125. The number of carbonyl (C=O) groups excluding carboxylic acids is 2. The van der Waals surface area contributed by atoms with E-state index in [1.54, 1.807) is 0 Å². The highest BCUT2D eigenvalue weighted by Gasteiger charge is 2.39. The van der Waals surface area contributed by atoms with E-state index in [2.05, 4.69) is 5.32 Å². The number of hydrogen-bond donors (Lipinski definition) is 1. The van der Waals surface area contributed by atoms with Gasteiger partial charge in [-0.1, -0.05) is 48.5 Å². The molecule has 5 heteroatoms. The lowest BCUT2D eigenvalue weighted by molar-refractivity contribution is -0.126. The van der Waals surface area contributed by atoms with E-state index < -0.39 is 5.37 Å². The summed E-state index contributed by atoms with van der Waals surface area (Å²) in [5, 5.41) is 2.32. The van der Waals surface area contributed by atoms with Gasteiger partial charge in [-0.05, 0) is 29.5 Å². The Hall–Kier alpha value is -2.27. The van der Waals surface area contributed by atoms with Gasteiger partial charge in [0.05, 0.1) is 6.54 Å². The number of rotatable bonds is 4. The zero-order chi connectivity index (χ0) is 14.7. The smallest absolute Gasteiger partial charge is 0.291 e. The number of benzene rings is 2. The zero-order valence-electron chi connectivity index (χ0n) is 11.2. The number of nitrogens with zero attached hydrogens (tertiary/aromatic N) is 1. The fourth-order valence-electron chi connectivity index (χ4n) is 2.13. The molecule has 2 aromatic rings. The molecule has 4 nitrogen and oxygen atoms in total. The summed E-state index contributed by atoms with van der Waals surface area (Å²) in [6.45, 7) is 0.318. The summed E-state index contributed by atoms with van der Waals surface area (Å²) in [6, 6.07) is 18.9. The van der Waals surface area contributed by atoms with Gasteiger partial charge < -0.3 is 5.32 Å². The molecule has 1 aliphatic heterocycles. The largest absolute Gasteiger partial charge is 0.365 e. The molecular formula is C16H14N2O2S. The van der Waals surface area contributed by atoms with Gasteiger partial charge in [0.1, 0.15) is 0 Å². The number of nitrogens with one attached hydrogen (secondary N) is 1. The van der Waals surface area contributed by atoms with Crippen LogP contribution in [0.5, 0.6) is 0 Å². The lowest BCUT2D eigenvalue weighted by atomic mass is 10.2. The highest BCUT2D eigenvalue weighted by molar-refractivity contribution is 8.15. The van der Waals surface area contributed by atoms with Crippen LogP contribution in [-0.2, 0) is 11.3 Å². The minimum absolute atomic E-state index is 0.197. The summed E-state index contributed by atoms with van der Waals surface area (Å²) in [4.78, 5) is 25.7. The van der Waals surface area contributed by atoms with Crippen molar-refractivity contribution in [2.24, 2.45) is 0 Å². The third kappa shape index (κ3) is 3.08. The molecule has 1 aliphatic rings. The average Bonchev–Trinajstić information content (AvgIpc) is 2.77. The Bertz CT molecular complexity index is 646. The van der Waals surface area contributed by atoms with Gasteiger partial charge in [0, 0.05) is 5.69 Å². The monoisotopic (exact) mass is 298 g/mol. The number of anilines is 1. The summed E-state index contributed by atoms with van der Waals surface area (Å²) in [6.07, 6.45) is 0. The Morgan fingerprint density at radius 1 is 0.952 bits per heavy atom. The van der Waals surface area contributed by atoms with E-state index in [9.17, 15) is 9.59 Å². The van der Waals surface area contributed by atoms with E-state index in [4.69, 9.17) is 0 Å². The number of para-hydroxylation sites is 1. The number of thioether (sulfide) groups is 1. The molecule has 0 aliphatic carbocycles. The van der Waals surface area contributed by atoms with Crippen molar-refractivity contribution in [1.29, 1.82) is 0 Å². The Balaban J connectivity index is 1.70. The van der Waals surface area contributed by atoms with Gasteiger partial charge in [0.2, 0.25) is 0 Å². The lowest BCUT2D eigenvalue weighted by Gasteiger charge is -2.14. The molecule has 1 saturated heterocycles. The van der Waals surface area contributed by atoms with Gasteiger partial charge in [-0.2, -0.15) is 0 Å². The predicted molar refractivity (Wildman–Crippen MR) is 83.8 cm³/mol. The predicted octanol–water partition coefficient (Wildman–Crippen LogP) is 3.32. The molecular weight excluding hydrogens is 284 g/mol. The van der Waals surface area contributed by atoms with E-state index >= 15 is 0 Å². The van der Waals surface area contributed by atoms with Crippen molar-refractivity contribution in [3.8, 4) is 0 Å². The highest BCUT2D eigenvalue weighted by Crippen LogP contribution is 2.29. The third-order valence-corrected chi connectivity index (χ3v) is 4.16. The minimum atomic E-state index is -0.552. The van der Waals surface area contributed by atoms with Crippen LogP contribution in [0.3, 0.4) is 0 Å². The van der Waals surface area contributed by atoms with Gasteiger partial charge >= 0.3 is 0 Å². The molecule has 0 aromatic heterocycles. The fourth-order valence-corrected chi connectivity index (χ4v) is 3.04. The van der Waals surface area contributed by atoms with Crippen LogP contribution in [0.15, 0.2) is 60.7 Å². The van der Waals surface area contributed by atoms with Crippen LogP contribution in [0.1, 0.15) is 5.56 Å². The maximum Gasteiger partial charge on any atom is 0.291 e. The van der Waals surface area contributed by atoms with Gasteiger partial charge in [0.25, 0.3) is 11.1 Å². The van der Waals surface area contributed by atoms with Gasteiger partial charge in [-0.25, -0.2) is 0 Å². The third-order valence-electron chi connectivity index (χ3n) is 3.18. The van der Waals surface area contributed by atoms with Crippen molar-refractivity contribution < 1.29 is 9.59 Å². The molecule has 1 fully saturated rings. The molecule has 3 rings (SSSR count). The molecule has 1 N–H and O–H groups in total. The van der Waals surface area contributed by atoms with Crippen LogP contribution < -0.4 is 5.32 Å². The van der Waals surface area contributed by atoms with Crippen LogP contribution in [0.2, 0.25) is 0 Å². The molecule has 21 heavy (non-hydrogen) atoms. The Kier molecular flexibility index (Phi) is 3.92. The van der Waals surface area contributed by atoms with Crippen molar-refractivity contribution in [2.75, 3.05) is 5.32 Å². The first-order valence-electron chi connectivity index (χ1n) is 6.61. The molecule has 0 bridgehead atoms. The second-order valence-electron chi connectivity index (χ2n) is 4.68. The summed E-state index contributed by atoms with van der Waals surface area (Å²) in [7, 11) is 0. The van der Waals surface area contributed by atoms with Gasteiger partial charge in [0.15, 0.2) is 5.37 Å². The summed E-state index contributed by atoms with van der Waals surface area (Å²) >= 11 is 1.02. The minimum Gasteiger partial charge on any atom is -0.365 e. The van der Waals surface area contributed by atoms with Crippen molar-refractivity contribution >= 4 is 28.6 Å². The van der Waals surface area contributed by atoms with E-state index in [-0.39, 0.29) is 11.1 Å². The van der Waals surface area contributed by atoms with Crippen molar-refractivity contribution in [3.05, 3.63) is 66.2 Å². The zero-order valence-corrected chi connectivity index (χ0v) is 12.0. The quantitative estimate of drug-likeness (QED) is 0.940. The highest BCUT2D eigenvalue weighted by atomic mass is 32.2. The van der Waals surface area contributed by atoms with Crippen molar-refractivity contribution in [3.63, 3.8) is 0 Å². The van der Waals surface area contributed by atoms with Crippen molar-refractivity contribution in [2.45, 2.75) is 11.9 Å². The first kappa shape index (κ1) is 13.7. The number of carbonyl (C=O) groups is 2. The van der Waals surface area contributed by atoms with Crippen LogP contribution in [0.4, 0.5) is 10.5 Å².